The van der Waals surface area contributed by atoms with Crippen molar-refractivity contribution in [3.8, 4) is 0 Å². The van der Waals surface area contributed by atoms with Crippen molar-refractivity contribution in [1.29, 1.82) is 0 Å². The summed E-state index contributed by atoms with van der Waals surface area (Å²) in [7, 11) is 0. The molecule has 1 aromatic carbocycles. The summed E-state index contributed by atoms with van der Waals surface area (Å²) in [5.41, 5.74) is 1.55. The molecule has 2 unspecified atom stereocenters. The van der Waals surface area contributed by atoms with Gasteiger partial charge in [-0.2, -0.15) is 11.8 Å². The van der Waals surface area contributed by atoms with Crippen LogP contribution in [0.5, 0.6) is 0 Å². The van der Waals surface area contributed by atoms with Gasteiger partial charge in [0, 0.05) is 18.7 Å². The first-order valence-electron chi connectivity index (χ1n) is 8.58. The van der Waals surface area contributed by atoms with Crippen molar-refractivity contribution in [2.45, 2.75) is 25.8 Å². The molecular formula is C18H21N3O4S2. The van der Waals surface area contributed by atoms with Gasteiger partial charge < -0.3 is 15.3 Å². The molecule has 2 heterocycles. The van der Waals surface area contributed by atoms with E-state index < -0.39 is 17.9 Å². The Morgan fingerprint density at radius 3 is 2.96 bits per heavy atom. The van der Waals surface area contributed by atoms with Gasteiger partial charge in [0.15, 0.2) is 0 Å². The maximum Gasteiger partial charge on any atom is 0.326 e. The molecule has 1 saturated heterocycles. The van der Waals surface area contributed by atoms with Crippen LogP contribution in [-0.2, 0) is 14.4 Å². The number of thiazole rings is 1. The number of nitrogens with zero attached hydrogens (tertiary/aromatic N) is 2. The summed E-state index contributed by atoms with van der Waals surface area (Å²) in [5.74, 6) is -1.49. The lowest BCUT2D eigenvalue weighted by Gasteiger charge is -2.18. The van der Waals surface area contributed by atoms with Crippen LogP contribution in [0.1, 0.15) is 17.8 Å². The lowest BCUT2D eigenvalue weighted by molar-refractivity contribution is -0.142. The van der Waals surface area contributed by atoms with Crippen molar-refractivity contribution in [3.63, 3.8) is 0 Å². The summed E-state index contributed by atoms with van der Waals surface area (Å²) in [5, 5.41) is 12.8. The molecule has 0 bridgehead atoms. The quantitative estimate of drug-likeness (QED) is 0.730. The second-order valence-electron chi connectivity index (χ2n) is 6.47. The summed E-state index contributed by atoms with van der Waals surface area (Å²) < 4.78 is 1.05. The molecule has 9 heteroatoms. The number of carbonyl (C=O) groups excluding carboxylic acids is 2. The van der Waals surface area contributed by atoms with E-state index in [0.29, 0.717) is 17.9 Å². The number of aryl methyl sites for hydroxylation is 1. The predicted molar refractivity (Wildman–Crippen MR) is 107 cm³/mol. The number of rotatable bonds is 7. The number of amides is 2. The fourth-order valence-electron chi connectivity index (χ4n) is 3.11. The number of carbonyl (C=O) groups is 3. The highest BCUT2D eigenvalue weighted by Crippen LogP contribution is 2.30. The number of aromatic nitrogens is 1. The van der Waals surface area contributed by atoms with E-state index in [9.17, 15) is 19.5 Å². The Morgan fingerprint density at radius 1 is 1.48 bits per heavy atom. The van der Waals surface area contributed by atoms with E-state index in [4.69, 9.17) is 0 Å². The van der Waals surface area contributed by atoms with Crippen molar-refractivity contribution in [3.05, 3.63) is 23.2 Å². The van der Waals surface area contributed by atoms with Crippen LogP contribution in [0.15, 0.2) is 18.2 Å². The number of fused-ring (bicyclic) bond motifs is 1. The maximum absolute atomic E-state index is 12.5. The van der Waals surface area contributed by atoms with Gasteiger partial charge >= 0.3 is 5.97 Å². The van der Waals surface area contributed by atoms with Crippen LogP contribution in [0.4, 0.5) is 5.69 Å². The van der Waals surface area contributed by atoms with Crippen molar-refractivity contribution < 1.29 is 19.5 Å². The first-order valence-corrected chi connectivity index (χ1v) is 10.8. The molecule has 0 radical (unpaired) electrons. The molecule has 0 spiro atoms. The summed E-state index contributed by atoms with van der Waals surface area (Å²) in [6.45, 7) is 2.18. The van der Waals surface area contributed by atoms with E-state index in [1.54, 1.807) is 16.2 Å². The Hall–Kier alpha value is -2.13. The first kappa shape index (κ1) is 19.6. The van der Waals surface area contributed by atoms with Crippen molar-refractivity contribution in [2.75, 3.05) is 23.5 Å². The highest BCUT2D eigenvalue weighted by atomic mass is 32.2. The fourth-order valence-corrected chi connectivity index (χ4v) is 4.39. The van der Waals surface area contributed by atoms with Gasteiger partial charge in [-0.25, -0.2) is 9.78 Å². The van der Waals surface area contributed by atoms with Crippen LogP contribution in [0, 0.1) is 12.8 Å². The summed E-state index contributed by atoms with van der Waals surface area (Å²) in [4.78, 5) is 42.3. The van der Waals surface area contributed by atoms with Crippen LogP contribution >= 0.6 is 23.1 Å². The Labute approximate surface area is 165 Å². The zero-order valence-electron chi connectivity index (χ0n) is 15.1. The van der Waals surface area contributed by atoms with Gasteiger partial charge in [-0.05, 0) is 43.6 Å². The monoisotopic (exact) mass is 407 g/mol. The average molecular weight is 408 g/mol. The van der Waals surface area contributed by atoms with Gasteiger partial charge in [0.25, 0.3) is 0 Å². The van der Waals surface area contributed by atoms with Crippen molar-refractivity contribution in [2.24, 2.45) is 5.92 Å². The summed E-state index contributed by atoms with van der Waals surface area (Å²) in [6.07, 6.45) is 2.32. The highest BCUT2D eigenvalue weighted by Gasteiger charge is 2.36. The van der Waals surface area contributed by atoms with E-state index in [2.05, 4.69) is 10.3 Å². The topological polar surface area (TPSA) is 99.6 Å². The van der Waals surface area contributed by atoms with E-state index >= 15 is 0 Å². The lowest BCUT2D eigenvalue weighted by Crippen LogP contribution is -2.44. The Morgan fingerprint density at radius 2 is 2.26 bits per heavy atom. The van der Waals surface area contributed by atoms with Gasteiger partial charge in [0.05, 0.1) is 21.1 Å². The van der Waals surface area contributed by atoms with E-state index in [0.717, 1.165) is 15.2 Å². The Balaban J connectivity index is 1.70. The average Bonchev–Trinajstić information content (AvgIpc) is 3.19. The highest BCUT2D eigenvalue weighted by molar-refractivity contribution is 7.98. The van der Waals surface area contributed by atoms with Crippen molar-refractivity contribution in [1.82, 2.24) is 10.3 Å². The van der Waals surface area contributed by atoms with Crippen LogP contribution in [0.25, 0.3) is 10.2 Å². The molecule has 1 fully saturated rings. The van der Waals surface area contributed by atoms with E-state index in [-0.39, 0.29) is 24.8 Å². The van der Waals surface area contributed by atoms with Gasteiger partial charge in [-0.3, -0.25) is 9.59 Å². The van der Waals surface area contributed by atoms with Gasteiger partial charge in [0.1, 0.15) is 6.04 Å². The molecule has 0 saturated carbocycles. The maximum atomic E-state index is 12.5. The zero-order valence-corrected chi connectivity index (χ0v) is 16.7. The van der Waals surface area contributed by atoms with Gasteiger partial charge in [-0.1, -0.05) is 0 Å². The molecule has 2 aromatic rings. The summed E-state index contributed by atoms with van der Waals surface area (Å²) >= 11 is 3.11. The third-order valence-corrected chi connectivity index (χ3v) is 6.11. The second-order valence-corrected chi connectivity index (χ2v) is 8.69. The molecule has 27 heavy (non-hydrogen) atoms. The number of carboxylic acid groups (broad SMARTS) is 1. The number of thioether (sulfide) groups is 1. The molecule has 1 aliphatic rings. The normalized spacial score (nSPS) is 18.1. The van der Waals surface area contributed by atoms with E-state index in [1.807, 2.05) is 31.4 Å². The largest absolute Gasteiger partial charge is 0.480 e. The summed E-state index contributed by atoms with van der Waals surface area (Å²) in [6, 6.07) is 4.72. The molecule has 2 N–H and O–H groups in total. The molecule has 2 amide bonds. The second kappa shape index (κ2) is 8.26. The van der Waals surface area contributed by atoms with Gasteiger partial charge in [-0.15, -0.1) is 11.3 Å². The molecule has 144 valence electrons. The minimum absolute atomic E-state index is 0.0782. The molecule has 2 atom stereocenters. The number of benzene rings is 1. The molecule has 1 aliphatic heterocycles. The third-order valence-electron chi connectivity index (χ3n) is 4.51. The van der Waals surface area contributed by atoms with Crippen molar-refractivity contribution >= 4 is 56.8 Å². The number of anilines is 1. The zero-order chi connectivity index (χ0) is 19.6. The number of nitrogens with one attached hydrogen (secondary N) is 1. The van der Waals surface area contributed by atoms with E-state index in [1.165, 1.54) is 11.8 Å². The van der Waals surface area contributed by atoms with Crippen LogP contribution < -0.4 is 10.2 Å². The molecule has 3 rings (SSSR count). The third kappa shape index (κ3) is 4.41. The van der Waals surface area contributed by atoms with Gasteiger partial charge in [0.2, 0.25) is 11.8 Å². The first-order chi connectivity index (χ1) is 12.9. The number of carboxylic acids is 1. The number of hydrogen-bond donors (Lipinski definition) is 2. The Bertz CT molecular complexity index is 883. The van der Waals surface area contributed by atoms with Crippen LogP contribution in [-0.4, -0.2) is 52.5 Å². The molecule has 1 aromatic heterocycles. The van der Waals surface area contributed by atoms with Crippen LogP contribution in [0.3, 0.4) is 0 Å². The fraction of sp³-hybridized carbons (Fsp3) is 0.444. The minimum atomic E-state index is -1.05. The molecule has 7 nitrogen and oxygen atoms in total. The van der Waals surface area contributed by atoms with Crippen LogP contribution in [0.2, 0.25) is 0 Å². The smallest absolute Gasteiger partial charge is 0.326 e. The molecule has 0 aliphatic carbocycles. The predicted octanol–water partition coefficient (Wildman–Crippen LogP) is 2.28. The standard InChI is InChI=1S/C18H21N3O4S2/c1-10-19-14-8-12(3-4-15(14)27-10)21-9-11(7-16(21)22)17(23)20-13(18(24)25)5-6-26-2/h3-4,8,11,13H,5-7,9H2,1-2H3,(H,20,23)(H,24,25). The SMILES string of the molecule is CSCCC(NC(=O)C1CC(=O)N(c2ccc3sc(C)nc3c2)C1)C(=O)O. The number of aliphatic carboxylic acids is 1. The minimum Gasteiger partial charge on any atom is -0.480 e. The number of hydrogen-bond acceptors (Lipinski definition) is 6. The molecular weight excluding hydrogens is 386 g/mol. The Kier molecular flexibility index (Phi) is 6.01. The lowest BCUT2D eigenvalue weighted by atomic mass is 10.1.